The van der Waals surface area contributed by atoms with Gasteiger partial charge in [0.15, 0.2) is 0 Å². The SMILES string of the molecule is c1ccc(P2CCP(c3ccccc3)C2)cc1. The lowest BCUT2D eigenvalue weighted by molar-refractivity contribution is 1.54. The molecule has 0 bridgehead atoms. The number of benzene rings is 2. The summed E-state index contributed by atoms with van der Waals surface area (Å²) in [6.07, 6.45) is 2.86. The highest BCUT2D eigenvalue weighted by Gasteiger charge is 2.25. The molecule has 2 heteroatoms. The van der Waals surface area contributed by atoms with Gasteiger partial charge in [-0.05, 0) is 28.8 Å². The summed E-state index contributed by atoms with van der Waals surface area (Å²) < 4.78 is 0. The Hall–Kier alpha value is -0.700. The summed E-state index contributed by atoms with van der Waals surface area (Å²) in [5, 5.41) is 3.20. The van der Waals surface area contributed by atoms with Crippen molar-refractivity contribution < 1.29 is 0 Å². The van der Waals surface area contributed by atoms with E-state index in [1.165, 1.54) is 18.2 Å². The van der Waals surface area contributed by atoms with Gasteiger partial charge in [-0.1, -0.05) is 76.5 Å². The second-order valence-corrected chi connectivity index (χ2v) is 9.56. The molecule has 0 nitrogen and oxygen atoms in total. The van der Waals surface area contributed by atoms with Crippen molar-refractivity contribution in [2.75, 3.05) is 18.2 Å². The molecule has 2 atom stereocenters. The van der Waals surface area contributed by atoms with Gasteiger partial charge in [-0.25, -0.2) is 0 Å². The van der Waals surface area contributed by atoms with E-state index >= 15 is 0 Å². The quantitative estimate of drug-likeness (QED) is 0.722. The van der Waals surface area contributed by atoms with Gasteiger partial charge in [0.25, 0.3) is 0 Å². The van der Waals surface area contributed by atoms with Crippen LogP contribution in [0.4, 0.5) is 0 Å². The van der Waals surface area contributed by atoms with Crippen molar-refractivity contribution in [3.8, 4) is 0 Å². The molecule has 0 N–H and O–H groups in total. The highest BCUT2D eigenvalue weighted by molar-refractivity contribution is 7.85. The smallest absolute Gasteiger partial charge is 0.00397 e. The molecule has 0 radical (unpaired) electrons. The van der Waals surface area contributed by atoms with Crippen LogP contribution in [-0.4, -0.2) is 18.2 Å². The largest absolute Gasteiger partial charge is 0.0703 e. The Morgan fingerprint density at radius 3 is 1.41 bits per heavy atom. The first-order valence-corrected chi connectivity index (χ1v) is 9.46. The van der Waals surface area contributed by atoms with Crippen LogP contribution in [0, 0.1) is 0 Å². The maximum atomic E-state index is 2.32. The van der Waals surface area contributed by atoms with Gasteiger partial charge >= 0.3 is 0 Å². The van der Waals surface area contributed by atoms with E-state index in [0.717, 1.165) is 0 Å². The first-order chi connectivity index (χ1) is 8.43. The highest BCUT2D eigenvalue weighted by atomic mass is 31.2. The Bertz CT molecular complexity index is 421. The minimum Gasteiger partial charge on any atom is -0.0703 e. The minimum absolute atomic E-state index is 0.126. The fourth-order valence-corrected chi connectivity index (χ4v) is 10.0. The molecule has 2 aromatic rings. The lowest BCUT2D eigenvalue weighted by Crippen LogP contribution is -2.01. The van der Waals surface area contributed by atoms with Crippen molar-refractivity contribution in [2.45, 2.75) is 0 Å². The first kappa shape index (κ1) is 11.4. The van der Waals surface area contributed by atoms with Crippen LogP contribution in [-0.2, 0) is 0 Å². The first-order valence-electron chi connectivity index (χ1n) is 6.03. The van der Waals surface area contributed by atoms with Crippen molar-refractivity contribution in [2.24, 2.45) is 0 Å². The molecule has 2 unspecified atom stereocenters. The monoisotopic (exact) mass is 258 g/mol. The third-order valence-corrected chi connectivity index (χ3v) is 9.89. The summed E-state index contributed by atoms with van der Waals surface area (Å²) in [5.74, 6) is 1.44. The summed E-state index contributed by atoms with van der Waals surface area (Å²) in [4.78, 5) is 0. The third kappa shape index (κ3) is 2.59. The van der Waals surface area contributed by atoms with Gasteiger partial charge in [-0.15, -0.1) is 0 Å². The molecule has 1 aliphatic heterocycles. The molecular weight excluding hydrogens is 242 g/mol. The Kier molecular flexibility index (Phi) is 3.55. The average Bonchev–Trinajstić information content (AvgIpc) is 2.90. The molecular formula is C15H16P2. The van der Waals surface area contributed by atoms with Gasteiger partial charge < -0.3 is 0 Å². The van der Waals surface area contributed by atoms with Crippen molar-refractivity contribution in [3.63, 3.8) is 0 Å². The zero-order valence-corrected chi connectivity index (χ0v) is 11.6. The molecule has 3 rings (SSSR count). The molecule has 2 aromatic carbocycles. The van der Waals surface area contributed by atoms with Gasteiger partial charge in [0.1, 0.15) is 0 Å². The summed E-state index contributed by atoms with van der Waals surface area (Å²) in [6, 6.07) is 22.2. The van der Waals surface area contributed by atoms with Crippen LogP contribution in [0.1, 0.15) is 0 Å². The van der Waals surface area contributed by atoms with Crippen LogP contribution in [0.5, 0.6) is 0 Å². The summed E-state index contributed by atoms with van der Waals surface area (Å²) >= 11 is 0. The summed E-state index contributed by atoms with van der Waals surface area (Å²) in [7, 11) is 0.251. The molecule has 0 aliphatic carbocycles. The van der Waals surface area contributed by atoms with Crippen molar-refractivity contribution in [1.29, 1.82) is 0 Å². The predicted octanol–water partition coefficient (Wildman–Crippen LogP) is 3.57. The van der Waals surface area contributed by atoms with Crippen molar-refractivity contribution in [1.82, 2.24) is 0 Å². The topological polar surface area (TPSA) is 0 Å². The van der Waals surface area contributed by atoms with Crippen LogP contribution in [0.2, 0.25) is 0 Å². The van der Waals surface area contributed by atoms with Crippen LogP contribution in [0.15, 0.2) is 60.7 Å². The fraction of sp³-hybridized carbons (Fsp3) is 0.200. The summed E-state index contributed by atoms with van der Waals surface area (Å²) in [5.41, 5.74) is 0. The molecule has 0 saturated carbocycles. The molecule has 17 heavy (non-hydrogen) atoms. The molecule has 0 aromatic heterocycles. The van der Waals surface area contributed by atoms with Crippen LogP contribution >= 0.6 is 15.8 Å². The molecule has 1 fully saturated rings. The molecule has 1 heterocycles. The standard InChI is InChI=1S/C15H16P2/c1-3-7-14(8-4-1)16-11-12-17(13-16)15-9-5-2-6-10-15/h1-10H,11-13H2. The average molecular weight is 258 g/mol. The highest BCUT2D eigenvalue weighted by Crippen LogP contribution is 2.57. The Labute approximate surface area is 106 Å². The van der Waals surface area contributed by atoms with E-state index in [1.54, 1.807) is 10.6 Å². The number of hydrogen-bond acceptors (Lipinski definition) is 0. The van der Waals surface area contributed by atoms with E-state index in [2.05, 4.69) is 60.7 Å². The van der Waals surface area contributed by atoms with E-state index in [0.29, 0.717) is 0 Å². The molecule has 1 saturated heterocycles. The number of hydrogen-bond donors (Lipinski definition) is 0. The maximum absolute atomic E-state index is 2.32. The zero-order chi connectivity index (χ0) is 11.5. The van der Waals surface area contributed by atoms with Gasteiger partial charge in [0.05, 0.1) is 0 Å². The van der Waals surface area contributed by atoms with Gasteiger partial charge in [0.2, 0.25) is 0 Å². The van der Waals surface area contributed by atoms with Crippen LogP contribution in [0.25, 0.3) is 0 Å². The van der Waals surface area contributed by atoms with E-state index in [1.807, 2.05) is 0 Å². The van der Waals surface area contributed by atoms with E-state index in [4.69, 9.17) is 0 Å². The normalized spacial score (nSPS) is 23.8. The fourth-order valence-electron chi connectivity index (χ4n) is 2.29. The lowest BCUT2D eigenvalue weighted by Gasteiger charge is -2.12. The molecule has 0 spiro atoms. The molecule has 86 valence electrons. The second kappa shape index (κ2) is 5.30. The lowest BCUT2D eigenvalue weighted by atomic mass is 10.4. The van der Waals surface area contributed by atoms with Gasteiger partial charge in [-0.3, -0.25) is 0 Å². The van der Waals surface area contributed by atoms with E-state index in [-0.39, 0.29) is 15.8 Å². The van der Waals surface area contributed by atoms with Crippen molar-refractivity contribution >= 4 is 26.5 Å². The Morgan fingerprint density at radius 2 is 1.00 bits per heavy atom. The number of rotatable bonds is 2. The molecule has 1 aliphatic rings. The van der Waals surface area contributed by atoms with Crippen LogP contribution < -0.4 is 10.6 Å². The van der Waals surface area contributed by atoms with Gasteiger partial charge in [0, 0.05) is 0 Å². The predicted molar refractivity (Wildman–Crippen MR) is 80.6 cm³/mol. The maximum Gasteiger partial charge on any atom is -0.00397 e. The Balaban J connectivity index is 1.75. The third-order valence-electron chi connectivity index (χ3n) is 3.22. The van der Waals surface area contributed by atoms with Crippen molar-refractivity contribution in [3.05, 3.63) is 60.7 Å². The summed E-state index contributed by atoms with van der Waals surface area (Å²) in [6.45, 7) is 0. The van der Waals surface area contributed by atoms with E-state index < -0.39 is 0 Å². The van der Waals surface area contributed by atoms with Crippen LogP contribution in [0.3, 0.4) is 0 Å². The minimum atomic E-state index is 0.126. The second-order valence-electron chi connectivity index (χ2n) is 4.34. The molecule has 0 amide bonds. The van der Waals surface area contributed by atoms with E-state index in [9.17, 15) is 0 Å². The zero-order valence-electron chi connectivity index (χ0n) is 9.79. The van der Waals surface area contributed by atoms with Gasteiger partial charge in [-0.2, -0.15) is 0 Å². The Morgan fingerprint density at radius 1 is 0.588 bits per heavy atom.